The Labute approximate surface area is 343 Å². The van der Waals surface area contributed by atoms with Crippen molar-refractivity contribution in [1.82, 2.24) is 4.98 Å². The predicted molar refractivity (Wildman–Crippen MR) is 231 cm³/mol. The van der Waals surface area contributed by atoms with Crippen molar-refractivity contribution in [3.05, 3.63) is 124 Å². The number of carbonyl (C=O) groups excluding carboxylic acids is 2. The molecule has 1 aliphatic heterocycles. The zero-order valence-corrected chi connectivity index (χ0v) is 34.3. The zero-order valence-electron chi connectivity index (χ0n) is 33.5. The van der Waals surface area contributed by atoms with E-state index in [1.807, 2.05) is 92.8 Å². The van der Waals surface area contributed by atoms with E-state index >= 15 is 0 Å². The highest BCUT2D eigenvalue weighted by Gasteiger charge is 2.46. The third-order valence-corrected chi connectivity index (χ3v) is 12.0. The number of aromatic hydroxyl groups is 2. The fraction of sp³-hybridized carbons (Fsp3) is 0.277. The Bertz CT molecular complexity index is 2450. The molecule has 2 N–H and O–H groups in total. The minimum Gasteiger partial charge on any atom is -0.871 e. The highest BCUT2D eigenvalue weighted by Crippen LogP contribution is 2.46. The monoisotopic (exact) mass is 796 g/mol. The van der Waals surface area contributed by atoms with E-state index in [4.69, 9.17) is 4.74 Å². The van der Waals surface area contributed by atoms with Crippen LogP contribution >= 0.6 is 11.3 Å². The van der Waals surface area contributed by atoms with Gasteiger partial charge in [0.1, 0.15) is 16.5 Å². The van der Waals surface area contributed by atoms with Crippen LogP contribution in [0.1, 0.15) is 62.2 Å². The first-order valence-corrected chi connectivity index (χ1v) is 20.5. The Morgan fingerprint density at radius 1 is 0.948 bits per heavy atom. The number of esters is 1. The summed E-state index contributed by atoms with van der Waals surface area (Å²) in [5.74, 6) is -2.04. The Balaban J connectivity index is 0.977. The number of hydrogen-bond donors (Lipinski definition) is 2. The molecule has 0 amide bonds. The number of phenols is 2. The number of ether oxygens (including phenoxy) is 1. The molecule has 1 aliphatic carbocycles. The molecule has 5 aromatic rings. The lowest BCUT2D eigenvalue weighted by Crippen LogP contribution is -2.34. The summed E-state index contributed by atoms with van der Waals surface area (Å²) >= 11 is 1.66. The van der Waals surface area contributed by atoms with Crippen LogP contribution in [0.5, 0.6) is 11.5 Å². The minimum absolute atomic E-state index is 0.0285. The zero-order chi connectivity index (χ0) is 41.1. The maximum atomic E-state index is 13.6. The van der Waals surface area contributed by atoms with Crippen molar-refractivity contribution < 1.29 is 34.2 Å². The highest BCUT2D eigenvalue weighted by molar-refractivity contribution is 7.19. The molecule has 298 valence electrons. The molecule has 0 saturated heterocycles. The number of rotatable bonds is 15. The van der Waals surface area contributed by atoms with Crippen molar-refractivity contribution in [1.29, 1.82) is 0 Å². The van der Waals surface area contributed by atoms with Crippen LogP contribution in [0.15, 0.2) is 102 Å². The molecule has 2 aliphatic rings. The number of allylic oxidation sites excluding steroid dienone is 3. The fourth-order valence-corrected chi connectivity index (χ4v) is 8.63. The van der Waals surface area contributed by atoms with Gasteiger partial charge in [-0.05, 0) is 70.0 Å². The molecule has 0 saturated carbocycles. The van der Waals surface area contributed by atoms with E-state index < -0.39 is 17.0 Å². The number of thiazole rings is 1. The Hall–Kier alpha value is -6.20. The van der Waals surface area contributed by atoms with E-state index in [2.05, 4.69) is 46.3 Å². The number of aromatic nitrogens is 1. The molecule has 7 rings (SSSR count). The number of Topliss-reactive ketones (excluding diaryl/α,β-unsaturated/α-hetero) is 1. The molecule has 0 radical (unpaired) electrons. The van der Waals surface area contributed by atoms with E-state index in [0.29, 0.717) is 44.0 Å². The van der Waals surface area contributed by atoms with Gasteiger partial charge in [0.2, 0.25) is 5.69 Å². The smallest absolute Gasteiger partial charge is 0.306 e. The summed E-state index contributed by atoms with van der Waals surface area (Å²) in [6.07, 6.45) is 6.57. The maximum absolute atomic E-state index is 13.6. The number of hydrogen-bond acceptors (Lipinski definition) is 10. The lowest BCUT2D eigenvalue weighted by Gasteiger charge is -2.32. The van der Waals surface area contributed by atoms with E-state index in [-0.39, 0.29) is 47.2 Å². The topological polar surface area (TPSA) is 129 Å². The van der Waals surface area contributed by atoms with E-state index in [9.17, 15) is 24.9 Å². The first kappa shape index (κ1) is 40.0. The van der Waals surface area contributed by atoms with Gasteiger partial charge in [-0.25, -0.2) is 4.98 Å². The van der Waals surface area contributed by atoms with Crippen LogP contribution in [0.4, 0.5) is 17.1 Å². The van der Waals surface area contributed by atoms with Gasteiger partial charge < -0.3 is 29.9 Å². The average Bonchev–Trinajstić information content (AvgIpc) is 3.73. The van der Waals surface area contributed by atoms with Crippen molar-refractivity contribution in [3.8, 4) is 11.5 Å². The van der Waals surface area contributed by atoms with Gasteiger partial charge in [-0.15, -0.1) is 11.3 Å². The summed E-state index contributed by atoms with van der Waals surface area (Å²) in [6.45, 7) is 10.4. The van der Waals surface area contributed by atoms with Crippen LogP contribution in [0.25, 0.3) is 27.9 Å². The number of nitrogens with zero attached hydrogens (tertiary/aromatic N) is 4. The van der Waals surface area contributed by atoms with Crippen LogP contribution in [0, 0.1) is 0 Å². The molecule has 2 heterocycles. The maximum Gasteiger partial charge on any atom is 0.306 e. The molecule has 0 atom stereocenters. The SMILES string of the molecule is CCN(CC)c1cc(O)c(C2=C([O-])/C(=C/C3=[N+](CCOC(=O)CCCN(C)c4ccc(/C=C/c5nc6ccccc6s5)cc4)c4ccccc4C3(C)C)C2=O)c(O)c1. The summed E-state index contributed by atoms with van der Waals surface area (Å²) in [5, 5.41) is 36.2. The second kappa shape index (κ2) is 16.7. The molecule has 0 bridgehead atoms. The molecule has 0 unspecified atom stereocenters. The van der Waals surface area contributed by atoms with Crippen molar-refractivity contribution in [2.75, 3.05) is 49.6 Å². The molecular weight excluding hydrogens is 749 g/mol. The number of phenolic OH excluding ortho intramolecular Hbond substituents is 2. The Morgan fingerprint density at radius 3 is 2.33 bits per heavy atom. The van der Waals surface area contributed by atoms with Crippen LogP contribution in [0.3, 0.4) is 0 Å². The minimum atomic E-state index is -0.574. The van der Waals surface area contributed by atoms with Crippen LogP contribution < -0.4 is 14.9 Å². The van der Waals surface area contributed by atoms with E-state index in [1.165, 1.54) is 16.8 Å². The Kier molecular flexibility index (Phi) is 11.5. The number of anilines is 2. The molecule has 1 aromatic heterocycles. The van der Waals surface area contributed by atoms with Crippen LogP contribution in [0.2, 0.25) is 0 Å². The fourth-order valence-electron chi connectivity index (χ4n) is 7.76. The lowest BCUT2D eigenvalue weighted by molar-refractivity contribution is -0.440. The van der Waals surface area contributed by atoms with Gasteiger partial charge in [0.25, 0.3) is 0 Å². The number of carbonyl (C=O) groups is 2. The lowest BCUT2D eigenvalue weighted by atomic mass is 9.77. The molecule has 4 aromatic carbocycles. The van der Waals surface area contributed by atoms with Gasteiger partial charge in [0, 0.05) is 85.5 Å². The normalized spacial score (nSPS) is 15.4. The molecule has 58 heavy (non-hydrogen) atoms. The molecular formula is C47H48N4O6S. The van der Waals surface area contributed by atoms with Gasteiger partial charge >= 0.3 is 5.97 Å². The summed E-state index contributed by atoms with van der Waals surface area (Å²) in [4.78, 5) is 35.2. The first-order chi connectivity index (χ1) is 27.9. The first-order valence-electron chi connectivity index (χ1n) is 19.7. The largest absolute Gasteiger partial charge is 0.871 e. The molecule has 0 spiro atoms. The van der Waals surface area contributed by atoms with Crippen LogP contribution in [-0.2, 0) is 19.7 Å². The van der Waals surface area contributed by atoms with Crippen molar-refractivity contribution >= 4 is 73.8 Å². The standard InChI is InChI=1S/C47H48N4O6S/c1-6-50(7-2)32-27-37(52)43(38(53)28-32)44-45(55)33(46(44)56)29-40-47(3,4)34-13-8-10-15-36(34)51(40)25-26-57-42(54)17-12-24-49(5)31-21-18-30(19-22-31)20-23-41-48-35-14-9-11-16-39(35)58-41/h8-11,13-16,18-23,27-29H,6-7,12,17,24-26H2,1-5H3,(H2,52,53,55,56)/b23-20+. The molecule has 10 nitrogen and oxygen atoms in total. The van der Waals surface area contributed by atoms with Gasteiger partial charge in [0.05, 0.1) is 21.2 Å². The molecule has 0 fully saturated rings. The second-order valence-corrected chi connectivity index (χ2v) is 16.1. The van der Waals surface area contributed by atoms with Gasteiger partial charge in [-0.3, -0.25) is 9.59 Å². The number of para-hydroxylation sites is 2. The van der Waals surface area contributed by atoms with Crippen molar-refractivity contribution in [3.63, 3.8) is 0 Å². The summed E-state index contributed by atoms with van der Waals surface area (Å²) in [7, 11) is 2.00. The number of ketones is 1. The highest BCUT2D eigenvalue weighted by atomic mass is 32.1. The molecule has 11 heteroatoms. The van der Waals surface area contributed by atoms with Gasteiger partial charge in [-0.2, -0.15) is 4.58 Å². The third kappa shape index (κ3) is 7.86. The second-order valence-electron chi connectivity index (χ2n) is 15.0. The predicted octanol–water partition coefficient (Wildman–Crippen LogP) is 7.84. The summed E-state index contributed by atoms with van der Waals surface area (Å²) in [6, 6.07) is 27.2. The Morgan fingerprint density at radius 2 is 1.64 bits per heavy atom. The van der Waals surface area contributed by atoms with E-state index in [0.717, 1.165) is 33.0 Å². The summed E-state index contributed by atoms with van der Waals surface area (Å²) < 4.78 is 8.87. The van der Waals surface area contributed by atoms with Gasteiger partial charge in [0.15, 0.2) is 24.6 Å². The summed E-state index contributed by atoms with van der Waals surface area (Å²) in [5.41, 5.74) is 5.36. The quantitative estimate of drug-likeness (QED) is 0.0619. The number of benzene rings is 4. The van der Waals surface area contributed by atoms with Crippen molar-refractivity contribution in [2.45, 2.75) is 46.0 Å². The van der Waals surface area contributed by atoms with E-state index in [1.54, 1.807) is 17.4 Å². The van der Waals surface area contributed by atoms with Crippen LogP contribution in [-0.4, -0.2) is 77.1 Å². The number of fused-ring (bicyclic) bond motifs is 2. The van der Waals surface area contributed by atoms with Crippen molar-refractivity contribution in [2.24, 2.45) is 0 Å². The third-order valence-electron chi connectivity index (χ3n) is 11.0. The average molecular weight is 797 g/mol. The van der Waals surface area contributed by atoms with Gasteiger partial charge in [-0.1, -0.05) is 54.3 Å².